The van der Waals surface area contributed by atoms with Gasteiger partial charge in [0.15, 0.2) is 0 Å². The highest BCUT2D eigenvalue weighted by molar-refractivity contribution is 5.99. The molecule has 1 atom stereocenters. The predicted octanol–water partition coefficient (Wildman–Crippen LogP) is 2.98. The molecule has 1 amide bonds. The fourth-order valence-electron chi connectivity index (χ4n) is 2.59. The highest BCUT2D eigenvalue weighted by Gasteiger charge is 2.24. The van der Waals surface area contributed by atoms with Crippen LogP contribution in [0.3, 0.4) is 0 Å². The van der Waals surface area contributed by atoms with Crippen LogP contribution >= 0.6 is 12.4 Å². The summed E-state index contributed by atoms with van der Waals surface area (Å²) in [6.07, 6.45) is 0.989. The molecule has 0 aromatic heterocycles. The van der Waals surface area contributed by atoms with Gasteiger partial charge in [0.1, 0.15) is 0 Å². The number of halogens is 1. The van der Waals surface area contributed by atoms with Crippen molar-refractivity contribution < 1.29 is 4.79 Å². The number of anilines is 1. The van der Waals surface area contributed by atoms with Gasteiger partial charge >= 0.3 is 0 Å². The minimum Gasteiger partial charge on any atom is -0.311 e. The molecule has 0 bridgehead atoms. The van der Waals surface area contributed by atoms with E-state index in [9.17, 15) is 4.79 Å². The minimum absolute atomic E-state index is 0. The minimum atomic E-state index is -0.103. The maximum Gasteiger partial charge on any atom is 0.243 e. The maximum atomic E-state index is 12.3. The standard InChI is InChI=1S/C16H18N2O.ClH/c1-12-16(19)18(10-4-9-17-12)15-8-7-13-5-2-3-6-14(13)11-15;/h2-3,5-8,11-12,17H,4,9-10H2,1H3;1H/t12-;/m0./s1. The van der Waals surface area contributed by atoms with Crippen LogP contribution in [0.25, 0.3) is 10.8 Å². The number of nitrogens with one attached hydrogen (secondary N) is 1. The monoisotopic (exact) mass is 290 g/mol. The Labute approximate surface area is 125 Å². The van der Waals surface area contributed by atoms with Gasteiger partial charge in [-0.05, 0) is 42.8 Å². The van der Waals surface area contributed by atoms with Crippen LogP contribution in [0.15, 0.2) is 42.5 Å². The molecule has 3 rings (SSSR count). The van der Waals surface area contributed by atoms with Crippen LogP contribution in [0, 0.1) is 0 Å². The van der Waals surface area contributed by atoms with E-state index in [1.165, 1.54) is 10.8 Å². The zero-order valence-corrected chi connectivity index (χ0v) is 12.3. The summed E-state index contributed by atoms with van der Waals surface area (Å²) in [6, 6.07) is 14.4. The molecule has 1 aliphatic heterocycles. The first-order valence-electron chi connectivity index (χ1n) is 6.79. The van der Waals surface area contributed by atoms with Crippen molar-refractivity contribution in [2.45, 2.75) is 19.4 Å². The molecular weight excluding hydrogens is 272 g/mol. The van der Waals surface area contributed by atoms with Gasteiger partial charge in [0.25, 0.3) is 0 Å². The van der Waals surface area contributed by atoms with E-state index in [1.54, 1.807) is 0 Å². The van der Waals surface area contributed by atoms with E-state index in [0.29, 0.717) is 0 Å². The summed E-state index contributed by atoms with van der Waals surface area (Å²) in [5.74, 6) is 0.160. The molecule has 0 unspecified atom stereocenters. The molecule has 1 fully saturated rings. The highest BCUT2D eigenvalue weighted by atomic mass is 35.5. The van der Waals surface area contributed by atoms with Crippen molar-refractivity contribution in [3.63, 3.8) is 0 Å². The van der Waals surface area contributed by atoms with Crippen LogP contribution in [0.1, 0.15) is 13.3 Å². The molecule has 0 saturated carbocycles. The number of benzene rings is 2. The summed E-state index contributed by atoms with van der Waals surface area (Å²) in [5.41, 5.74) is 0.999. The Hall–Kier alpha value is -1.58. The molecule has 1 N–H and O–H groups in total. The lowest BCUT2D eigenvalue weighted by atomic mass is 10.1. The van der Waals surface area contributed by atoms with Gasteiger partial charge in [-0.25, -0.2) is 0 Å². The number of nitrogens with zero attached hydrogens (tertiary/aromatic N) is 1. The predicted molar refractivity (Wildman–Crippen MR) is 85.6 cm³/mol. The van der Waals surface area contributed by atoms with Gasteiger partial charge in [-0.1, -0.05) is 30.3 Å². The van der Waals surface area contributed by atoms with Crippen LogP contribution in [-0.4, -0.2) is 25.0 Å². The molecule has 4 heteroatoms. The van der Waals surface area contributed by atoms with Gasteiger partial charge in [-0.3, -0.25) is 4.79 Å². The average molecular weight is 291 g/mol. The fraction of sp³-hybridized carbons (Fsp3) is 0.312. The third-order valence-electron chi connectivity index (χ3n) is 3.69. The summed E-state index contributed by atoms with van der Waals surface area (Å²) in [7, 11) is 0. The smallest absolute Gasteiger partial charge is 0.243 e. The third-order valence-corrected chi connectivity index (χ3v) is 3.69. The molecule has 106 valence electrons. The van der Waals surface area contributed by atoms with Crippen molar-refractivity contribution in [1.82, 2.24) is 5.32 Å². The first-order chi connectivity index (χ1) is 9.25. The topological polar surface area (TPSA) is 32.3 Å². The van der Waals surface area contributed by atoms with Crippen LogP contribution in [0.4, 0.5) is 5.69 Å². The SMILES string of the molecule is C[C@@H]1NCCCN(c2ccc3ccccc3c2)C1=O.Cl. The van der Waals surface area contributed by atoms with Crippen LogP contribution < -0.4 is 10.2 Å². The Morgan fingerprint density at radius 1 is 1.15 bits per heavy atom. The second-order valence-corrected chi connectivity index (χ2v) is 5.05. The first kappa shape index (κ1) is 14.8. The van der Waals surface area contributed by atoms with E-state index in [2.05, 4.69) is 29.6 Å². The lowest BCUT2D eigenvalue weighted by Crippen LogP contribution is -2.41. The molecular formula is C16H19ClN2O. The Balaban J connectivity index is 0.00000147. The molecule has 20 heavy (non-hydrogen) atoms. The van der Waals surface area contributed by atoms with E-state index >= 15 is 0 Å². The number of amides is 1. The summed E-state index contributed by atoms with van der Waals surface area (Å²) in [4.78, 5) is 14.2. The highest BCUT2D eigenvalue weighted by Crippen LogP contribution is 2.23. The van der Waals surface area contributed by atoms with E-state index in [-0.39, 0.29) is 24.4 Å². The maximum absolute atomic E-state index is 12.3. The van der Waals surface area contributed by atoms with Crippen molar-refractivity contribution in [1.29, 1.82) is 0 Å². The van der Waals surface area contributed by atoms with Crippen LogP contribution in [-0.2, 0) is 4.79 Å². The van der Waals surface area contributed by atoms with E-state index < -0.39 is 0 Å². The molecule has 2 aromatic carbocycles. The number of carbonyl (C=O) groups is 1. The summed E-state index contributed by atoms with van der Waals surface area (Å²) >= 11 is 0. The molecule has 1 saturated heterocycles. The molecule has 0 radical (unpaired) electrons. The summed E-state index contributed by atoms with van der Waals surface area (Å²) < 4.78 is 0. The zero-order valence-electron chi connectivity index (χ0n) is 11.5. The van der Waals surface area contributed by atoms with Crippen molar-refractivity contribution in [2.24, 2.45) is 0 Å². The third kappa shape index (κ3) is 2.79. The molecule has 0 spiro atoms. The van der Waals surface area contributed by atoms with Crippen molar-refractivity contribution in [3.05, 3.63) is 42.5 Å². The van der Waals surface area contributed by atoms with Crippen LogP contribution in [0.2, 0.25) is 0 Å². The van der Waals surface area contributed by atoms with Gasteiger partial charge in [0.2, 0.25) is 5.91 Å². The average Bonchev–Trinajstić information content (AvgIpc) is 2.61. The Morgan fingerprint density at radius 3 is 2.70 bits per heavy atom. The van der Waals surface area contributed by atoms with Crippen molar-refractivity contribution in [3.8, 4) is 0 Å². The number of rotatable bonds is 1. The molecule has 1 heterocycles. The second-order valence-electron chi connectivity index (χ2n) is 5.05. The fourth-order valence-corrected chi connectivity index (χ4v) is 2.59. The number of hydrogen-bond donors (Lipinski definition) is 1. The van der Waals surface area contributed by atoms with E-state index in [4.69, 9.17) is 0 Å². The van der Waals surface area contributed by atoms with Gasteiger partial charge in [0, 0.05) is 12.2 Å². The molecule has 1 aliphatic rings. The zero-order chi connectivity index (χ0) is 13.2. The number of fused-ring (bicyclic) bond motifs is 1. The van der Waals surface area contributed by atoms with Gasteiger partial charge in [0.05, 0.1) is 6.04 Å². The number of carbonyl (C=O) groups excluding carboxylic acids is 1. The molecule has 0 aliphatic carbocycles. The van der Waals surface area contributed by atoms with E-state index in [0.717, 1.165) is 25.2 Å². The summed E-state index contributed by atoms with van der Waals surface area (Å²) in [5, 5.41) is 5.63. The Kier molecular flexibility index (Phi) is 4.63. The Morgan fingerprint density at radius 2 is 1.90 bits per heavy atom. The van der Waals surface area contributed by atoms with Crippen molar-refractivity contribution >= 4 is 34.8 Å². The largest absolute Gasteiger partial charge is 0.311 e. The lowest BCUT2D eigenvalue weighted by molar-refractivity contribution is -0.119. The lowest BCUT2D eigenvalue weighted by Gasteiger charge is -2.23. The Bertz CT molecular complexity index is 614. The molecule has 2 aromatic rings. The molecule has 3 nitrogen and oxygen atoms in total. The number of hydrogen-bond acceptors (Lipinski definition) is 2. The van der Waals surface area contributed by atoms with Crippen molar-refractivity contribution in [2.75, 3.05) is 18.0 Å². The van der Waals surface area contributed by atoms with Crippen LogP contribution in [0.5, 0.6) is 0 Å². The van der Waals surface area contributed by atoms with E-state index in [1.807, 2.05) is 30.0 Å². The quantitative estimate of drug-likeness (QED) is 0.876. The second kappa shape index (κ2) is 6.25. The first-order valence-corrected chi connectivity index (χ1v) is 6.79. The normalized spacial score (nSPS) is 19.6. The van der Waals surface area contributed by atoms with Gasteiger partial charge < -0.3 is 10.2 Å². The van der Waals surface area contributed by atoms with Gasteiger partial charge in [-0.15, -0.1) is 12.4 Å². The van der Waals surface area contributed by atoms with Gasteiger partial charge in [-0.2, -0.15) is 0 Å². The summed E-state index contributed by atoms with van der Waals surface area (Å²) in [6.45, 7) is 3.62.